The number of nitrogens with two attached hydrogens (primary N) is 2. The number of hydrogen-bond donors (Lipinski definition) is 2. The highest BCUT2D eigenvalue weighted by Crippen LogP contribution is 2.07. The molecule has 3 heteroatoms. The van der Waals surface area contributed by atoms with Crippen molar-refractivity contribution in [2.75, 3.05) is 6.54 Å². The number of rotatable bonds is 7. The first-order chi connectivity index (χ1) is 6.56. The fourth-order valence-electron chi connectivity index (χ4n) is 1.14. The molecule has 0 saturated heterocycles. The topological polar surface area (TPSA) is 55.3 Å². The summed E-state index contributed by atoms with van der Waals surface area (Å²) >= 11 is 0. The number of unbranched alkanes of at least 4 members (excludes halogenated alkanes) is 1. The van der Waals surface area contributed by atoms with Crippen LogP contribution in [-0.2, 0) is 0 Å². The molecule has 14 heavy (non-hydrogen) atoms. The van der Waals surface area contributed by atoms with Crippen LogP contribution in [0.3, 0.4) is 0 Å². The van der Waals surface area contributed by atoms with E-state index in [0.717, 1.165) is 37.9 Å². The lowest BCUT2D eigenvalue weighted by Gasteiger charge is -2.14. The molecule has 4 N–H and O–H groups in total. The zero-order valence-corrected chi connectivity index (χ0v) is 9.79. The Hall–Kier alpha value is -0.700. The van der Waals surface area contributed by atoms with Gasteiger partial charge in [0.05, 0.1) is 0 Å². The minimum Gasteiger partial charge on any atom is -0.401 e. The van der Waals surface area contributed by atoms with Gasteiger partial charge < -0.3 is 10.7 Å². The summed E-state index contributed by atoms with van der Waals surface area (Å²) in [7, 11) is 0. The summed E-state index contributed by atoms with van der Waals surface area (Å²) in [6.07, 6.45) is 6.21. The third kappa shape index (κ3) is 7.92. The zero-order valence-electron chi connectivity index (χ0n) is 9.79. The van der Waals surface area contributed by atoms with Crippen LogP contribution in [0, 0.1) is 5.92 Å². The maximum atomic E-state index is 5.83. The Balaban J connectivity index is 3.72. The van der Waals surface area contributed by atoms with Gasteiger partial charge in [-0.15, -0.1) is 0 Å². The van der Waals surface area contributed by atoms with E-state index in [2.05, 4.69) is 20.8 Å². The first-order valence-electron chi connectivity index (χ1n) is 5.53. The molecule has 0 atom stereocenters. The van der Waals surface area contributed by atoms with Crippen LogP contribution in [0.25, 0.3) is 0 Å². The van der Waals surface area contributed by atoms with E-state index < -0.39 is 0 Å². The van der Waals surface area contributed by atoms with Gasteiger partial charge in [0.15, 0.2) is 0 Å². The summed E-state index contributed by atoms with van der Waals surface area (Å²) in [5, 5.41) is 1.69. The molecule has 0 unspecified atom stereocenters. The molecule has 0 spiro atoms. The third-order valence-corrected chi connectivity index (χ3v) is 2.11. The first kappa shape index (κ1) is 13.3. The Morgan fingerprint density at radius 2 is 2.07 bits per heavy atom. The van der Waals surface area contributed by atoms with E-state index in [-0.39, 0.29) is 0 Å². The maximum Gasteiger partial charge on any atom is 0.0342 e. The fourth-order valence-corrected chi connectivity index (χ4v) is 1.14. The summed E-state index contributed by atoms with van der Waals surface area (Å²) in [5.41, 5.74) is 6.72. The normalized spacial score (nSPS) is 12.2. The van der Waals surface area contributed by atoms with Gasteiger partial charge in [-0.1, -0.05) is 27.2 Å². The second-order valence-corrected chi connectivity index (χ2v) is 4.23. The third-order valence-electron chi connectivity index (χ3n) is 2.11. The van der Waals surface area contributed by atoms with Crippen molar-refractivity contribution in [1.82, 2.24) is 5.01 Å². The molecule has 3 nitrogen and oxygen atoms in total. The molecule has 0 fully saturated rings. The van der Waals surface area contributed by atoms with Crippen LogP contribution >= 0.6 is 0 Å². The van der Waals surface area contributed by atoms with Gasteiger partial charge in [-0.05, 0) is 25.2 Å². The quantitative estimate of drug-likeness (QED) is 0.488. The van der Waals surface area contributed by atoms with Crippen LogP contribution in [0.4, 0.5) is 0 Å². The molecule has 0 rings (SSSR count). The molecule has 0 heterocycles. The lowest BCUT2D eigenvalue weighted by molar-refractivity contribution is 0.378. The van der Waals surface area contributed by atoms with Gasteiger partial charge in [0.25, 0.3) is 0 Å². The number of hydrogen-bond acceptors (Lipinski definition) is 3. The summed E-state index contributed by atoms with van der Waals surface area (Å²) in [6.45, 7) is 7.44. The van der Waals surface area contributed by atoms with Crippen LogP contribution in [0.5, 0.6) is 0 Å². The predicted octanol–water partition coefficient (Wildman–Crippen LogP) is 2.20. The molecule has 0 aliphatic heterocycles. The first-order valence-corrected chi connectivity index (χ1v) is 5.53. The van der Waals surface area contributed by atoms with Crippen molar-refractivity contribution in [3.05, 3.63) is 11.9 Å². The van der Waals surface area contributed by atoms with Crippen molar-refractivity contribution in [2.24, 2.45) is 17.5 Å². The molecule has 0 aliphatic carbocycles. The number of hydrazine groups is 1. The average Bonchev–Trinajstić information content (AvgIpc) is 2.11. The lowest BCUT2D eigenvalue weighted by Crippen LogP contribution is -2.27. The Morgan fingerprint density at radius 3 is 2.57 bits per heavy atom. The van der Waals surface area contributed by atoms with E-state index in [1.165, 1.54) is 0 Å². The molecule has 0 amide bonds. The number of nitrogens with zero attached hydrogens (tertiary/aromatic N) is 1. The highest BCUT2D eigenvalue weighted by Gasteiger charge is 1.98. The number of allylic oxidation sites excluding steroid dienone is 1. The van der Waals surface area contributed by atoms with Crippen LogP contribution in [0.1, 0.15) is 46.5 Å². The monoisotopic (exact) mass is 199 g/mol. The Morgan fingerprint density at radius 1 is 1.43 bits per heavy atom. The van der Waals surface area contributed by atoms with Crippen molar-refractivity contribution < 1.29 is 0 Å². The Bertz CT molecular complexity index is 164. The van der Waals surface area contributed by atoms with Gasteiger partial charge in [-0.3, -0.25) is 0 Å². The predicted molar refractivity (Wildman–Crippen MR) is 62.1 cm³/mol. The smallest absolute Gasteiger partial charge is 0.0342 e. The Labute approximate surface area is 88.1 Å². The molecule has 0 aromatic carbocycles. The van der Waals surface area contributed by atoms with Gasteiger partial charge in [0, 0.05) is 18.4 Å². The van der Waals surface area contributed by atoms with Crippen molar-refractivity contribution in [3.63, 3.8) is 0 Å². The molecular weight excluding hydrogens is 174 g/mol. The summed E-state index contributed by atoms with van der Waals surface area (Å²) < 4.78 is 0. The highest BCUT2D eigenvalue weighted by atomic mass is 15.4. The van der Waals surface area contributed by atoms with Gasteiger partial charge >= 0.3 is 0 Å². The van der Waals surface area contributed by atoms with Gasteiger partial charge in [-0.2, -0.15) is 0 Å². The fraction of sp³-hybridized carbons (Fsp3) is 0.818. The van der Waals surface area contributed by atoms with E-state index in [1.807, 2.05) is 6.20 Å². The van der Waals surface area contributed by atoms with Gasteiger partial charge in [0.2, 0.25) is 0 Å². The second kappa shape index (κ2) is 7.68. The minimum absolute atomic E-state index is 0.698. The van der Waals surface area contributed by atoms with Crippen molar-refractivity contribution >= 4 is 0 Å². The zero-order chi connectivity index (χ0) is 11.0. The van der Waals surface area contributed by atoms with E-state index in [4.69, 9.17) is 11.6 Å². The molecule has 0 radical (unpaired) electrons. The standard InChI is InChI=1S/C11H25N3/c1-4-5-8-14(13)9-11(12)7-6-10(2)3/h9-10H,4-8,12-13H2,1-3H3/b11-9-. The van der Waals surface area contributed by atoms with Crippen molar-refractivity contribution in [3.8, 4) is 0 Å². The van der Waals surface area contributed by atoms with E-state index >= 15 is 0 Å². The molecule has 0 saturated carbocycles. The van der Waals surface area contributed by atoms with Crippen LogP contribution < -0.4 is 11.6 Å². The molecule has 0 bridgehead atoms. The van der Waals surface area contributed by atoms with Crippen LogP contribution in [0.2, 0.25) is 0 Å². The van der Waals surface area contributed by atoms with Crippen LogP contribution in [0.15, 0.2) is 11.9 Å². The Kier molecular flexibility index (Phi) is 7.30. The molecule has 0 aliphatic rings. The largest absolute Gasteiger partial charge is 0.401 e. The average molecular weight is 199 g/mol. The van der Waals surface area contributed by atoms with E-state index in [0.29, 0.717) is 5.92 Å². The van der Waals surface area contributed by atoms with Gasteiger partial charge in [-0.25, -0.2) is 5.84 Å². The summed E-state index contributed by atoms with van der Waals surface area (Å²) in [5.74, 6) is 6.44. The second-order valence-electron chi connectivity index (χ2n) is 4.23. The molecule has 0 aromatic rings. The molecular formula is C11H25N3. The lowest BCUT2D eigenvalue weighted by atomic mass is 10.1. The molecule has 84 valence electrons. The molecule has 0 aromatic heterocycles. The van der Waals surface area contributed by atoms with E-state index in [9.17, 15) is 0 Å². The van der Waals surface area contributed by atoms with Crippen molar-refractivity contribution in [2.45, 2.75) is 46.5 Å². The van der Waals surface area contributed by atoms with Gasteiger partial charge in [0.1, 0.15) is 0 Å². The highest BCUT2D eigenvalue weighted by molar-refractivity contribution is 4.94. The summed E-state index contributed by atoms with van der Waals surface area (Å²) in [6, 6.07) is 0. The SMILES string of the molecule is CCCCN(N)/C=C(\N)CCC(C)C. The maximum absolute atomic E-state index is 5.83. The minimum atomic E-state index is 0.698. The van der Waals surface area contributed by atoms with Crippen LogP contribution in [-0.4, -0.2) is 11.6 Å². The van der Waals surface area contributed by atoms with Crippen molar-refractivity contribution in [1.29, 1.82) is 0 Å². The van der Waals surface area contributed by atoms with E-state index in [1.54, 1.807) is 5.01 Å². The summed E-state index contributed by atoms with van der Waals surface area (Å²) in [4.78, 5) is 0.